The van der Waals surface area contributed by atoms with Gasteiger partial charge in [-0.3, -0.25) is 0 Å². The van der Waals surface area contributed by atoms with Crippen molar-refractivity contribution in [3.63, 3.8) is 0 Å². The first-order valence-electron chi connectivity index (χ1n) is 7.54. The predicted molar refractivity (Wildman–Crippen MR) is 81.6 cm³/mol. The fraction of sp³-hybridized carbons (Fsp3) is 0.533. The Kier molecular flexibility index (Phi) is 4.08. The van der Waals surface area contributed by atoms with Gasteiger partial charge in [0.1, 0.15) is 0 Å². The first kappa shape index (κ1) is 14.9. The van der Waals surface area contributed by atoms with Crippen molar-refractivity contribution in [1.82, 2.24) is 20.2 Å². The average molecular weight is 303 g/mol. The molecule has 7 nitrogen and oxygen atoms in total. The monoisotopic (exact) mass is 303 g/mol. The second-order valence-electron chi connectivity index (χ2n) is 5.88. The van der Waals surface area contributed by atoms with Crippen LogP contribution in [0.1, 0.15) is 31.4 Å². The van der Waals surface area contributed by atoms with Crippen LogP contribution in [0, 0.1) is 0 Å². The van der Waals surface area contributed by atoms with E-state index in [1.807, 2.05) is 18.2 Å². The molecule has 0 spiro atoms. The summed E-state index contributed by atoms with van der Waals surface area (Å²) in [5, 5.41) is 31.4. The lowest BCUT2D eigenvalue weighted by molar-refractivity contribution is -0.0328. The highest BCUT2D eigenvalue weighted by Crippen LogP contribution is 2.27. The molecule has 0 saturated carbocycles. The second kappa shape index (κ2) is 6.02. The molecule has 1 atom stereocenters. The van der Waals surface area contributed by atoms with Crippen LogP contribution in [0.15, 0.2) is 30.3 Å². The summed E-state index contributed by atoms with van der Waals surface area (Å²) in [5.74, 6) is 0.705. The summed E-state index contributed by atoms with van der Waals surface area (Å²) in [6.45, 7) is 3.10. The van der Waals surface area contributed by atoms with Gasteiger partial charge in [0.25, 0.3) is 0 Å². The van der Waals surface area contributed by atoms with Crippen LogP contribution < -0.4 is 4.90 Å². The molecule has 0 amide bonds. The SMILES string of the molecule is CC(c1ccccc1)n1nnnc1N1CCC(O)(CO)CC1. The summed E-state index contributed by atoms with van der Waals surface area (Å²) in [5.41, 5.74) is 0.166. The van der Waals surface area contributed by atoms with Crippen molar-refractivity contribution in [2.45, 2.75) is 31.4 Å². The van der Waals surface area contributed by atoms with Gasteiger partial charge in [0.05, 0.1) is 18.2 Å². The van der Waals surface area contributed by atoms with E-state index in [2.05, 4.69) is 39.5 Å². The van der Waals surface area contributed by atoms with Crippen molar-refractivity contribution in [3.05, 3.63) is 35.9 Å². The molecule has 1 saturated heterocycles. The van der Waals surface area contributed by atoms with Crippen molar-refractivity contribution < 1.29 is 10.2 Å². The molecule has 1 aliphatic heterocycles. The van der Waals surface area contributed by atoms with E-state index in [9.17, 15) is 10.2 Å². The van der Waals surface area contributed by atoms with Crippen LogP contribution in [0.4, 0.5) is 5.95 Å². The number of nitrogens with zero attached hydrogens (tertiary/aromatic N) is 5. The topological polar surface area (TPSA) is 87.3 Å². The highest BCUT2D eigenvalue weighted by Gasteiger charge is 2.33. The van der Waals surface area contributed by atoms with Gasteiger partial charge in [-0.2, -0.15) is 0 Å². The molecule has 3 rings (SSSR count). The van der Waals surface area contributed by atoms with E-state index in [0.717, 1.165) is 5.56 Å². The predicted octanol–water partition coefficient (Wildman–Crippen LogP) is 0.606. The van der Waals surface area contributed by atoms with Crippen LogP contribution in [-0.2, 0) is 0 Å². The van der Waals surface area contributed by atoms with E-state index < -0.39 is 5.60 Å². The number of anilines is 1. The van der Waals surface area contributed by atoms with E-state index in [4.69, 9.17) is 0 Å². The number of aliphatic hydroxyl groups excluding tert-OH is 1. The number of aliphatic hydroxyl groups is 2. The van der Waals surface area contributed by atoms with E-state index in [1.54, 1.807) is 4.68 Å². The fourth-order valence-electron chi connectivity index (χ4n) is 2.80. The molecule has 0 bridgehead atoms. The maximum absolute atomic E-state index is 10.1. The van der Waals surface area contributed by atoms with Gasteiger partial charge in [0.15, 0.2) is 0 Å². The van der Waals surface area contributed by atoms with E-state index >= 15 is 0 Å². The molecule has 1 fully saturated rings. The molecule has 2 heterocycles. The van der Waals surface area contributed by atoms with E-state index in [1.165, 1.54) is 0 Å². The molecule has 1 aromatic carbocycles. The largest absolute Gasteiger partial charge is 0.393 e. The third-order valence-electron chi connectivity index (χ3n) is 4.40. The summed E-state index contributed by atoms with van der Waals surface area (Å²) >= 11 is 0. The number of benzene rings is 1. The lowest BCUT2D eigenvalue weighted by Crippen LogP contribution is -2.47. The van der Waals surface area contributed by atoms with Crippen molar-refractivity contribution in [1.29, 1.82) is 0 Å². The lowest BCUT2D eigenvalue weighted by atomic mass is 9.93. The first-order chi connectivity index (χ1) is 10.6. The van der Waals surface area contributed by atoms with Gasteiger partial charge in [-0.25, -0.2) is 4.68 Å². The minimum absolute atomic E-state index is 0.0323. The minimum Gasteiger partial charge on any atom is -0.393 e. The smallest absolute Gasteiger partial charge is 0.246 e. The molecule has 22 heavy (non-hydrogen) atoms. The van der Waals surface area contributed by atoms with Gasteiger partial charge in [0, 0.05) is 13.1 Å². The average Bonchev–Trinajstić information content (AvgIpc) is 3.05. The lowest BCUT2D eigenvalue weighted by Gasteiger charge is -2.37. The van der Waals surface area contributed by atoms with Crippen LogP contribution in [0.5, 0.6) is 0 Å². The Morgan fingerprint density at radius 2 is 1.91 bits per heavy atom. The Morgan fingerprint density at radius 1 is 1.23 bits per heavy atom. The van der Waals surface area contributed by atoms with Crippen molar-refractivity contribution >= 4 is 5.95 Å². The minimum atomic E-state index is -0.972. The molecule has 2 aromatic rings. The quantitative estimate of drug-likeness (QED) is 0.860. The molecule has 118 valence electrons. The molecule has 1 unspecified atom stereocenters. The zero-order valence-corrected chi connectivity index (χ0v) is 12.6. The van der Waals surface area contributed by atoms with Crippen molar-refractivity contribution in [2.75, 3.05) is 24.6 Å². The van der Waals surface area contributed by atoms with Crippen LogP contribution >= 0.6 is 0 Å². The first-order valence-corrected chi connectivity index (χ1v) is 7.54. The molecule has 0 aliphatic carbocycles. The van der Waals surface area contributed by atoms with Crippen LogP contribution in [0.3, 0.4) is 0 Å². The number of rotatable bonds is 4. The maximum atomic E-state index is 10.1. The Labute approximate surface area is 129 Å². The molecule has 1 aliphatic rings. The van der Waals surface area contributed by atoms with Crippen LogP contribution in [-0.4, -0.2) is 55.7 Å². The summed E-state index contributed by atoms with van der Waals surface area (Å²) in [6.07, 6.45) is 1.02. The third kappa shape index (κ3) is 2.82. The molecule has 7 heteroatoms. The van der Waals surface area contributed by atoms with Gasteiger partial charge in [-0.1, -0.05) is 35.4 Å². The summed E-state index contributed by atoms with van der Waals surface area (Å²) in [4.78, 5) is 2.06. The van der Waals surface area contributed by atoms with Crippen molar-refractivity contribution in [2.24, 2.45) is 0 Å². The van der Waals surface area contributed by atoms with Gasteiger partial charge in [-0.15, -0.1) is 0 Å². The standard InChI is InChI=1S/C15H21N5O2/c1-12(13-5-3-2-4-6-13)20-14(16-17-18-20)19-9-7-15(22,11-21)8-10-19/h2-6,12,21-22H,7-11H2,1H3. The van der Waals surface area contributed by atoms with Crippen molar-refractivity contribution in [3.8, 4) is 0 Å². The maximum Gasteiger partial charge on any atom is 0.246 e. The Morgan fingerprint density at radius 3 is 2.55 bits per heavy atom. The molecule has 2 N–H and O–H groups in total. The number of hydrogen-bond donors (Lipinski definition) is 2. The van der Waals surface area contributed by atoms with Gasteiger partial charge < -0.3 is 15.1 Å². The molecule has 1 aromatic heterocycles. The summed E-state index contributed by atoms with van der Waals surface area (Å²) in [7, 11) is 0. The Balaban J connectivity index is 1.79. The van der Waals surface area contributed by atoms with Gasteiger partial charge >= 0.3 is 0 Å². The second-order valence-corrected chi connectivity index (χ2v) is 5.88. The molecular formula is C15H21N5O2. The normalized spacial score (nSPS) is 19.1. The highest BCUT2D eigenvalue weighted by atomic mass is 16.3. The van der Waals surface area contributed by atoms with E-state index in [-0.39, 0.29) is 12.6 Å². The number of piperidine rings is 1. The zero-order chi connectivity index (χ0) is 15.6. The Bertz CT molecular complexity index is 607. The molecular weight excluding hydrogens is 282 g/mol. The fourth-order valence-corrected chi connectivity index (χ4v) is 2.80. The summed E-state index contributed by atoms with van der Waals surface area (Å²) in [6, 6.07) is 10.1. The molecule has 0 radical (unpaired) electrons. The Hall–Kier alpha value is -1.99. The summed E-state index contributed by atoms with van der Waals surface area (Å²) < 4.78 is 1.80. The zero-order valence-electron chi connectivity index (χ0n) is 12.6. The van der Waals surface area contributed by atoms with Gasteiger partial charge in [-0.05, 0) is 35.8 Å². The third-order valence-corrected chi connectivity index (χ3v) is 4.40. The highest BCUT2D eigenvalue weighted by molar-refractivity contribution is 5.32. The van der Waals surface area contributed by atoms with E-state index in [0.29, 0.717) is 31.9 Å². The van der Waals surface area contributed by atoms with Crippen LogP contribution in [0.25, 0.3) is 0 Å². The number of aromatic nitrogens is 4. The van der Waals surface area contributed by atoms with Gasteiger partial charge in [0.2, 0.25) is 5.95 Å². The number of tetrazole rings is 1. The number of hydrogen-bond acceptors (Lipinski definition) is 6. The van der Waals surface area contributed by atoms with Crippen LogP contribution in [0.2, 0.25) is 0 Å².